The molecule has 3 N–H and O–H groups in total. The average molecular weight is 234 g/mol. The molecule has 0 aliphatic heterocycles. The van der Waals surface area contributed by atoms with Gasteiger partial charge in [-0.1, -0.05) is 0 Å². The molecule has 0 bridgehead atoms. The van der Waals surface area contributed by atoms with Gasteiger partial charge >= 0.3 is 0 Å². The van der Waals surface area contributed by atoms with Crippen molar-refractivity contribution in [2.45, 2.75) is 19.3 Å². The molecule has 2 aliphatic rings. The molecule has 17 heavy (non-hydrogen) atoms. The van der Waals surface area contributed by atoms with Gasteiger partial charge in [0, 0.05) is 11.6 Å². The molecule has 2 aliphatic carbocycles. The van der Waals surface area contributed by atoms with Crippen LogP contribution in [0.3, 0.4) is 0 Å². The third-order valence-electron chi connectivity index (χ3n) is 3.86. The number of carbonyl (C=O) groups is 1. The second-order valence-corrected chi connectivity index (χ2v) is 5.15. The molecule has 1 amide bonds. The van der Waals surface area contributed by atoms with Crippen LogP contribution in [0.1, 0.15) is 19.3 Å². The van der Waals surface area contributed by atoms with Gasteiger partial charge < -0.3 is 11.1 Å². The van der Waals surface area contributed by atoms with E-state index in [-0.39, 0.29) is 17.5 Å². The molecule has 2 unspecified atom stereocenters. The highest BCUT2D eigenvalue weighted by molar-refractivity contribution is 5.93. The highest BCUT2D eigenvalue weighted by Gasteiger charge is 2.48. The summed E-state index contributed by atoms with van der Waals surface area (Å²) in [4.78, 5) is 11.9. The molecule has 3 rings (SSSR count). The zero-order valence-electron chi connectivity index (χ0n) is 9.45. The fourth-order valence-corrected chi connectivity index (χ4v) is 2.80. The number of nitrogens with one attached hydrogen (secondary N) is 1. The number of nitrogen functional groups attached to an aromatic ring is 1. The summed E-state index contributed by atoms with van der Waals surface area (Å²) in [5.41, 5.74) is 6.21. The van der Waals surface area contributed by atoms with Gasteiger partial charge in [0.15, 0.2) is 0 Å². The van der Waals surface area contributed by atoms with Gasteiger partial charge in [-0.2, -0.15) is 0 Å². The second-order valence-electron chi connectivity index (χ2n) is 5.15. The monoisotopic (exact) mass is 234 g/mol. The van der Waals surface area contributed by atoms with E-state index in [1.54, 1.807) is 0 Å². The first-order valence-electron chi connectivity index (χ1n) is 5.99. The van der Waals surface area contributed by atoms with E-state index in [4.69, 9.17) is 5.73 Å². The van der Waals surface area contributed by atoms with Gasteiger partial charge in [0.05, 0.1) is 5.69 Å². The summed E-state index contributed by atoms with van der Waals surface area (Å²) >= 11 is 0. The van der Waals surface area contributed by atoms with E-state index < -0.39 is 5.82 Å². The molecule has 0 radical (unpaired) electrons. The van der Waals surface area contributed by atoms with Crippen LogP contribution >= 0.6 is 0 Å². The van der Waals surface area contributed by atoms with Crippen LogP contribution in [-0.2, 0) is 4.79 Å². The minimum atomic E-state index is -0.435. The number of hydrogen-bond acceptors (Lipinski definition) is 2. The lowest BCUT2D eigenvalue weighted by Gasteiger charge is -2.13. The van der Waals surface area contributed by atoms with E-state index in [0.717, 1.165) is 24.7 Å². The lowest BCUT2D eigenvalue weighted by molar-refractivity contribution is -0.120. The van der Waals surface area contributed by atoms with Gasteiger partial charge in [0.2, 0.25) is 5.91 Å². The van der Waals surface area contributed by atoms with E-state index in [9.17, 15) is 9.18 Å². The molecule has 2 atom stereocenters. The largest absolute Gasteiger partial charge is 0.399 e. The number of rotatable bonds is 2. The lowest BCUT2D eigenvalue weighted by atomic mass is 10.0. The molecule has 2 saturated carbocycles. The third kappa shape index (κ3) is 1.99. The predicted octanol–water partition coefficient (Wildman–Crippen LogP) is 2.39. The Balaban J connectivity index is 1.69. The quantitative estimate of drug-likeness (QED) is 0.772. The van der Waals surface area contributed by atoms with Crippen molar-refractivity contribution in [3.05, 3.63) is 24.0 Å². The van der Waals surface area contributed by atoms with Crippen LogP contribution in [0.4, 0.5) is 15.8 Å². The molecule has 1 aromatic carbocycles. The highest BCUT2D eigenvalue weighted by atomic mass is 19.1. The zero-order valence-corrected chi connectivity index (χ0v) is 9.45. The zero-order chi connectivity index (χ0) is 12.0. The van der Waals surface area contributed by atoms with Crippen LogP contribution in [0.5, 0.6) is 0 Å². The first-order valence-corrected chi connectivity index (χ1v) is 5.99. The third-order valence-corrected chi connectivity index (χ3v) is 3.86. The van der Waals surface area contributed by atoms with Crippen molar-refractivity contribution in [1.82, 2.24) is 0 Å². The molecule has 1 aromatic rings. The Bertz CT molecular complexity index is 464. The molecule has 0 aromatic heterocycles. The van der Waals surface area contributed by atoms with Crippen LogP contribution in [-0.4, -0.2) is 5.91 Å². The molecule has 2 fully saturated rings. The summed E-state index contributed by atoms with van der Waals surface area (Å²) in [5, 5.41) is 2.64. The predicted molar refractivity (Wildman–Crippen MR) is 63.8 cm³/mol. The summed E-state index contributed by atoms with van der Waals surface area (Å²) < 4.78 is 13.4. The lowest BCUT2D eigenvalue weighted by Crippen LogP contribution is -2.22. The number of halogens is 1. The fraction of sp³-hybridized carbons (Fsp3) is 0.462. The molecule has 90 valence electrons. The van der Waals surface area contributed by atoms with Gasteiger partial charge in [0.25, 0.3) is 0 Å². The smallest absolute Gasteiger partial charge is 0.227 e. The van der Waals surface area contributed by atoms with Gasteiger partial charge in [-0.3, -0.25) is 4.79 Å². The molecule has 4 heteroatoms. The topological polar surface area (TPSA) is 55.1 Å². The van der Waals surface area contributed by atoms with E-state index >= 15 is 0 Å². The van der Waals surface area contributed by atoms with Gasteiger partial charge in [-0.25, -0.2) is 4.39 Å². The normalized spacial score (nSPS) is 29.8. The minimum absolute atomic E-state index is 0.0552. The summed E-state index contributed by atoms with van der Waals surface area (Å²) in [6.45, 7) is 0. The van der Waals surface area contributed by atoms with Crippen LogP contribution in [0.15, 0.2) is 18.2 Å². The summed E-state index contributed by atoms with van der Waals surface area (Å²) in [6, 6.07) is 4.22. The Morgan fingerprint density at radius 2 is 2.00 bits per heavy atom. The van der Waals surface area contributed by atoms with Crippen LogP contribution in [0.2, 0.25) is 0 Å². The van der Waals surface area contributed by atoms with Crippen LogP contribution < -0.4 is 11.1 Å². The van der Waals surface area contributed by atoms with Crippen molar-refractivity contribution in [3.63, 3.8) is 0 Å². The summed E-state index contributed by atoms with van der Waals surface area (Å²) in [6.07, 6.45) is 3.19. The van der Waals surface area contributed by atoms with Crippen molar-refractivity contribution >= 4 is 17.3 Å². The Kier molecular flexibility index (Phi) is 2.31. The van der Waals surface area contributed by atoms with E-state index in [1.165, 1.54) is 24.6 Å². The van der Waals surface area contributed by atoms with E-state index in [1.807, 2.05) is 0 Å². The Morgan fingerprint density at radius 3 is 2.71 bits per heavy atom. The molecule has 3 nitrogen and oxygen atoms in total. The first-order chi connectivity index (χ1) is 8.13. The van der Waals surface area contributed by atoms with Gasteiger partial charge in [-0.15, -0.1) is 0 Å². The van der Waals surface area contributed by atoms with Crippen molar-refractivity contribution in [2.75, 3.05) is 11.1 Å². The Hall–Kier alpha value is -1.58. The number of anilines is 2. The van der Waals surface area contributed by atoms with Crippen molar-refractivity contribution in [3.8, 4) is 0 Å². The number of nitrogens with two attached hydrogens (primary N) is 1. The Morgan fingerprint density at radius 1 is 1.29 bits per heavy atom. The fourth-order valence-electron chi connectivity index (χ4n) is 2.80. The second kappa shape index (κ2) is 3.72. The maximum absolute atomic E-state index is 13.4. The SMILES string of the molecule is Nc1ccc(F)c(NC(=O)C2CC3CC3C2)c1. The summed E-state index contributed by atoms with van der Waals surface area (Å²) in [5.74, 6) is 1.05. The average Bonchev–Trinajstić information content (AvgIpc) is 2.91. The standard InChI is InChI=1S/C13H15FN2O/c14-11-2-1-10(15)6-12(11)16-13(17)9-4-7-3-8(7)5-9/h1-2,6-9H,3-5,15H2,(H,16,17). The molecule has 0 heterocycles. The number of hydrogen-bond donors (Lipinski definition) is 2. The number of carbonyl (C=O) groups excluding carboxylic acids is 1. The molecule has 0 saturated heterocycles. The minimum Gasteiger partial charge on any atom is -0.399 e. The maximum atomic E-state index is 13.4. The van der Waals surface area contributed by atoms with E-state index in [0.29, 0.717) is 5.69 Å². The molecular formula is C13H15FN2O. The van der Waals surface area contributed by atoms with E-state index in [2.05, 4.69) is 5.32 Å². The van der Waals surface area contributed by atoms with Crippen LogP contribution in [0.25, 0.3) is 0 Å². The van der Waals surface area contributed by atoms with Crippen LogP contribution in [0, 0.1) is 23.6 Å². The summed E-state index contributed by atoms with van der Waals surface area (Å²) in [7, 11) is 0. The van der Waals surface area contributed by atoms with Gasteiger partial charge in [-0.05, 0) is 49.3 Å². The first kappa shape index (κ1) is 10.6. The molecule has 0 spiro atoms. The highest BCUT2D eigenvalue weighted by Crippen LogP contribution is 2.54. The van der Waals surface area contributed by atoms with Crippen molar-refractivity contribution in [2.24, 2.45) is 17.8 Å². The molecular weight excluding hydrogens is 219 g/mol. The van der Waals surface area contributed by atoms with Crippen molar-refractivity contribution < 1.29 is 9.18 Å². The number of benzene rings is 1. The maximum Gasteiger partial charge on any atom is 0.227 e. The van der Waals surface area contributed by atoms with Gasteiger partial charge in [0.1, 0.15) is 5.82 Å². The van der Waals surface area contributed by atoms with Crippen molar-refractivity contribution in [1.29, 1.82) is 0 Å². The number of amides is 1. The Labute approximate surface area is 99.2 Å². The number of fused-ring (bicyclic) bond motifs is 1.